The second kappa shape index (κ2) is 6.31. The number of alkyl halides is 3. The monoisotopic (exact) mass is 339 g/mol. The SMILES string of the molecule is COc1c(C2C(NC=O)OC(C(F)(F)F)C2C)ccc(F)c1F. The normalized spacial score (nSPS) is 27.8. The molecule has 4 nitrogen and oxygen atoms in total. The van der Waals surface area contributed by atoms with Crippen LogP contribution in [0.4, 0.5) is 22.0 Å². The molecule has 1 aromatic rings. The molecule has 1 aliphatic heterocycles. The number of ether oxygens (including phenoxy) is 2. The number of rotatable bonds is 4. The molecule has 23 heavy (non-hydrogen) atoms. The Morgan fingerprint density at radius 3 is 2.48 bits per heavy atom. The highest BCUT2D eigenvalue weighted by Crippen LogP contribution is 2.47. The van der Waals surface area contributed by atoms with Gasteiger partial charge in [0.25, 0.3) is 0 Å². The first-order valence-electron chi connectivity index (χ1n) is 6.66. The predicted molar refractivity (Wildman–Crippen MR) is 68.7 cm³/mol. The van der Waals surface area contributed by atoms with E-state index in [4.69, 9.17) is 9.47 Å². The van der Waals surface area contributed by atoms with Crippen LogP contribution in [0.2, 0.25) is 0 Å². The lowest BCUT2D eigenvalue weighted by Gasteiger charge is -2.23. The van der Waals surface area contributed by atoms with Crippen molar-refractivity contribution in [2.45, 2.75) is 31.3 Å². The quantitative estimate of drug-likeness (QED) is 0.678. The highest BCUT2D eigenvalue weighted by molar-refractivity contribution is 5.48. The van der Waals surface area contributed by atoms with Gasteiger partial charge in [0, 0.05) is 17.4 Å². The number of benzene rings is 1. The molecule has 0 aromatic heterocycles. The Kier molecular flexibility index (Phi) is 4.79. The number of amides is 1. The second-order valence-corrected chi connectivity index (χ2v) is 5.17. The van der Waals surface area contributed by atoms with Crippen molar-refractivity contribution in [2.24, 2.45) is 5.92 Å². The van der Waals surface area contributed by atoms with Crippen LogP contribution in [0.1, 0.15) is 18.4 Å². The maximum absolute atomic E-state index is 13.8. The third-order valence-electron chi connectivity index (χ3n) is 3.86. The molecule has 1 aliphatic rings. The van der Waals surface area contributed by atoms with Gasteiger partial charge in [-0.1, -0.05) is 13.0 Å². The van der Waals surface area contributed by atoms with Crippen molar-refractivity contribution in [3.05, 3.63) is 29.3 Å². The highest BCUT2D eigenvalue weighted by atomic mass is 19.4. The van der Waals surface area contributed by atoms with Gasteiger partial charge in [-0.15, -0.1) is 0 Å². The van der Waals surface area contributed by atoms with Crippen LogP contribution < -0.4 is 10.1 Å². The van der Waals surface area contributed by atoms with E-state index in [1.165, 1.54) is 6.92 Å². The summed E-state index contributed by atoms with van der Waals surface area (Å²) in [6.45, 7) is 1.26. The molecule has 0 radical (unpaired) electrons. The summed E-state index contributed by atoms with van der Waals surface area (Å²) in [6, 6.07) is 1.92. The van der Waals surface area contributed by atoms with Crippen LogP contribution in [-0.4, -0.2) is 32.0 Å². The van der Waals surface area contributed by atoms with Crippen LogP contribution in [-0.2, 0) is 9.53 Å². The van der Waals surface area contributed by atoms with Crippen molar-refractivity contribution in [3.8, 4) is 5.75 Å². The van der Waals surface area contributed by atoms with Crippen LogP contribution in [0.5, 0.6) is 5.75 Å². The summed E-state index contributed by atoms with van der Waals surface area (Å²) >= 11 is 0. The highest BCUT2D eigenvalue weighted by Gasteiger charge is 2.55. The molecule has 128 valence electrons. The number of halogens is 5. The fourth-order valence-electron chi connectivity index (χ4n) is 2.88. The topological polar surface area (TPSA) is 47.6 Å². The number of methoxy groups -OCH3 is 1. The third-order valence-corrected chi connectivity index (χ3v) is 3.86. The Hall–Kier alpha value is -1.90. The van der Waals surface area contributed by atoms with E-state index < -0.39 is 47.7 Å². The van der Waals surface area contributed by atoms with Crippen molar-refractivity contribution in [2.75, 3.05) is 7.11 Å². The van der Waals surface area contributed by atoms with E-state index in [9.17, 15) is 26.7 Å². The number of carbonyl (C=O) groups excluding carboxylic acids is 1. The Morgan fingerprint density at radius 2 is 1.96 bits per heavy atom. The molecule has 0 bridgehead atoms. The minimum Gasteiger partial charge on any atom is -0.493 e. The lowest BCUT2D eigenvalue weighted by molar-refractivity contribution is -0.224. The molecule has 4 unspecified atom stereocenters. The zero-order chi connectivity index (χ0) is 17.4. The molecule has 1 fully saturated rings. The van der Waals surface area contributed by atoms with Crippen LogP contribution >= 0.6 is 0 Å². The standard InChI is InChI=1S/C14H14F5NO3/c1-6-9(7-3-4-8(15)10(16)11(7)22-2)13(20-5-21)23-12(6)14(17,18)19/h3-6,9,12-13H,1-2H3,(H,20,21). The summed E-state index contributed by atoms with van der Waals surface area (Å²) in [5, 5.41) is 2.14. The molecule has 1 aromatic carbocycles. The maximum atomic E-state index is 13.8. The van der Waals surface area contributed by atoms with Crippen molar-refractivity contribution < 1.29 is 36.2 Å². The smallest absolute Gasteiger partial charge is 0.415 e. The first kappa shape index (κ1) is 17.5. The van der Waals surface area contributed by atoms with Crippen LogP contribution in [0.25, 0.3) is 0 Å². The van der Waals surface area contributed by atoms with Gasteiger partial charge in [0.05, 0.1) is 7.11 Å². The average molecular weight is 339 g/mol. The van der Waals surface area contributed by atoms with Gasteiger partial charge in [-0.05, 0) is 6.07 Å². The van der Waals surface area contributed by atoms with E-state index in [1.807, 2.05) is 0 Å². The average Bonchev–Trinajstić information content (AvgIpc) is 2.79. The Morgan fingerprint density at radius 1 is 1.30 bits per heavy atom. The molecule has 1 saturated heterocycles. The maximum Gasteiger partial charge on any atom is 0.415 e. The fraction of sp³-hybridized carbons (Fsp3) is 0.500. The summed E-state index contributed by atoms with van der Waals surface area (Å²) in [4.78, 5) is 10.6. The van der Waals surface area contributed by atoms with E-state index >= 15 is 0 Å². The number of hydrogen-bond acceptors (Lipinski definition) is 3. The summed E-state index contributed by atoms with van der Waals surface area (Å²) in [5.74, 6) is -5.21. The van der Waals surface area contributed by atoms with E-state index in [0.29, 0.717) is 0 Å². The first-order valence-corrected chi connectivity index (χ1v) is 6.66. The van der Waals surface area contributed by atoms with Crippen molar-refractivity contribution >= 4 is 6.41 Å². The summed E-state index contributed by atoms with van der Waals surface area (Å²) in [6.07, 6.45) is -7.96. The van der Waals surface area contributed by atoms with Crippen molar-refractivity contribution in [1.82, 2.24) is 5.32 Å². The first-order chi connectivity index (χ1) is 10.7. The number of nitrogens with one attached hydrogen (secondary N) is 1. The molecule has 0 saturated carbocycles. The van der Waals surface area contributed by atoms with E-state index in [0.717, 1.165) is 19.2 Å². The predicted octanol–water partition coefficient (Wildman–Crippen LogP) is 2.73. The van der Waals surface area contributed by atoms with E-state index in [2.05, 4.69) is 5.32 Å². The summed E-state index contributed by atoms with van der Waals surface area (Å²) in [5.41, 5.74) is -0.00926. The van der Waals surface area contributed by atoms with Gasteiger partial charge >= 0.3 is 6.18 Å². The van der Waals surface area contributed by atoms with Gasteiger partial charge in [0.1, 0.15) is 6.23 Å². The largest absolute Gasteiger partial charge is 0.493 e. The Labute approximate surface area is 128 Å². The van der Waals surface area contributed by atoms with Crippen molar-refractivity contribution in [3.63, 3.8) is 0 Å². The van der Waals surface area contributed by atoms with Gasteiger partial charge < -0.3 is 14.8 Å². The minimum atomic E-state index is -4.66. The van der Waals surface area contributed by atoms with Crippen LogP contribution in [0, 0.1) is 17.6 Å². The zero-order valence-corrected chi connectivity index (χ0v) is 12.2. The lowest BCUT2D eigenvalue weighted by Crippen LogP contribution is -2.35. The molecule has 9 heteroatoms. The third kappa shape index (κ3) is 3.10. The zero-order valence-electron chi connectivity index (χ0n) is 12.2. The number of carbonyl (C=O) groups is 1. The van der Waals surface area contributed by atoms with Gasteiger partial charge in [-0.25, -0.2) is 4.39 Å². The molecule has 1 amide bonds. The van der Waals surface area contributed by atoms with Crippen LogP contribution in [0.15, 0.2) is 12.1 Å². The van der Waals surface area contributed by atoms with Gasteiger partial charge in [0.2, 0.25) is 12.2 Å². The van der Waals surface area contributed by atoms with Crippen LogP contribution in [0.3, 0.4) is 0 Å². The Bertz CT molecular complexity index is 593. The van der Waals surface area contributed by atoms with Crippen molar-refractivity contribution in [1.29, 1.82) is 0 Å². The second-order valence-electron chi connectivity index (χ2n) is 5.17. The minimum absolute atomic E-state index is 0.00926. The fourth-order valence-corrected chi connectivity index (χ4v) is 2.88. The van der Waals surface area contributed by atoms with E-state index in [-0.39, 0.29) is 12.0 Å². The van der Waals surface area contributed by atoms with Gasteiger partial charge in [-0.2, -0.15) is 17.6 Å². The van der Waals surface area contributed by atoms with Gasteiger partial charge in [-0.3, -0.25) is 4.79 Å². The molecule has 4 atom stereocenters. The molecule has 0 aliphatic carbocycles. The molecular formula is C14H14F5NO3. The summed E-state index contributed by atoms with van der Waals surface area (Å²) in [7, 11) is 1.07. The molecule has 1 heterocycles. The lowest BCUT2D eigenvalue weighted by atomic mass is 9.84. The Balaban J connectivity index is 2.51. The molecular weight excluding hydrogens is 325 g/mol. The number of hydrogen-bond donors (Lipinski definition) is 1. The van der Waals surface area contributed by atoms with Gasteiger partial charge in [0.15, 0.2) is 17.7 Å². The molecule has 2 rings (SSSR count). The molecule has 1 N–H and O–H groups in total. The van der Waals surface area contributed by atoms with E-state index in [1.54, 1.807) is 0 Å². The summed E-state index contributed by atoms with van der Waals surface area (Å²) < 4.78 is 75.9. The molecule has 0 spiro atoms.